The summed E-state index contributed by atoms with van der Waals surface area (Å²) in [4.78, 5) is 13.5. The average molecular weight is 364 g/mol. The van der Waals surface area contributed by atoms with E-state index in [-0.39, 0.29) is 18.3 Å². The molecule has 1 aliphatic rings. The summed E-state index contributed by atoms with van der Waals surface area (Å²) in [5.74, 6) is 0.262. The molecule has 0 aliphatic carbocycles. The fraction of sp³-hybridized carbons (Fsp3) is 0.278. The second kappa shape index (κ2) is 6.31. The van der Waals surface area contributed by atoms with Crippen LogP contribution in [0.25, 0.3) is 0 Å². The van der Waals surface area contributed by atoms with E-state index in [4.69, 9.17) is 11.6 Å². The number of aliphatic hydroxyl groups excluding tert-OH is 1. The largest absolute Gasteiger partial charge is 0.507 e. The molecule has 0 radical (unpaired) electrons. The number of para-hydroxylation sites is 1. The maximum Gasteiger partial charge on any atom is 0.238 e. The molecule has 1 atom stereocenters. The molecule has 126 valence electrons. The van der Waals surface area contributed by atoms with Gasteiger partial charge < -0.3 is 10.2 Å². The summed E-state index contributed by atoms with van der Waals surface area (Å²) in [5.41, 5.74) is 2.66. The van der Waals surface area contributed by atoms with Gasteiger partial charge in [0.2, 0.25) is 5.91 Å². The summed E-state index contributed by atoms with van der Waals surface area (Å²) in [6.45, 7) is 3.52. The smallest absolute Gasteiger partial charge is 0.238 e. The second-order valence-electron chi connectivity index (χ2n) is 5.91. The molecule has 2 N–H and O–H groups in total. The van der Waals surface area contributed by atoms with E-state index in [1.807, 2.05) is 38.1 Å². The maximum atomic E-state index is 12.6. The van der Waals surface area contributed by atoms with Gasteiger partial charge in [0.25, 0.3) is 0 Å². The van der Waals surface area contributed by atoms with Crippen molar-refractivity contribution in [2.45, 2.75) is 25.3 Å². The van der Waals surface area contributed by atoms with Crippen LogP contribution in [0.1, 0.15) is 23.6 Å². The molecule has 4 nitrogen and oxygen atoms in total. The highest BCUT2D eigenvalue weighted by Gasteiger charge is 2.47. The van der Waals surface area contributed by atoms with Crippen molar-refractivity contribution in [2.24, 2.45) is 0 Å². The van der Waals surface area contributed by atoms with Gasteiger partial charge in [0, 0.05) is 21.8 Å². The van der Waals surface area contributed by atoms with Crippen LogP contribution in [0.2, 0.25) is 5.02 Å². The Labute approximate surface area is 150 Å². The van der Waals surface area contributed by atoms with Crippen molar-refractivity contribution < 1.29 is 15.0 Å². The van der Waals surface area contributed by atoms with Crippen molar-refractivity contribution in [2.75, 3.05) is 10.7 Å². The van der Waals surface area contributed by atoms with Gasteiger partial charge in [-0.2, -0.15) is 0 Å². The van der Waals surface area contributed by atoms with E-state index in [0.29, 0.717) is 21.9 Å². The van der Waals surface area contributed by atoms with E-state index in [1.54, 1.807) is 11.0 Å². The van der Waals surface area contributed by atoms with Crippen molar-refractivity contribution in [3.05, 3.63) is 58.1 Å². The average Bonchev–Trinajstić information content (AvgIpc) is 2.86. The number of anilines is 1. The van der Waals surface area contributed by atoms with Crippen LogP contribution in [-0.2, 0) is 16.3 Å². The van der Waals surface area contributed by atoms with Gasteiger partial charge in [0.05, 0.1) is 12.4 Å². The fourth-order valence-corrected chi connectivity index (χ4v) is 4.49. The lowest BCUT2D eigenvalue weighted by Gasteiger charge is -2.36. The predicted octanol–water partition coefficient (Wildman–Crippen LogP) is 3.80. The standard InChI is InChI=1S/C18H18ClNO3S/c1-11-5-3-4-6-15(11)20-16(22)10-24-18(20,2)14-8-13(19)7-12(9-21)17(14)23/h3-8,21,23H,9-10H2,1-2H3. The van der Waals surface area contributed by atoms with Crippen molar-refractivity contribution in [1.29, 1.82) is 0 Å². The van der Waals surface area contributed by atoms with Crippen molar-refractivity contribution in [1.82, 2.24) is 0 Å². The number of hydrogen-bond donors (Lipinski definition) is 2. The minimum absolute atomic E-state index is 0.0230. The van der Waals surface area contributed by atoms with E-state index in [9.17, 15) is 15.0 Å². The van der Waals surface area contributed by atoms with Crippen LogP contribution in [0.4, 0.5) is 5.69 Å². The molecule has 24 heavy (non-hydrogen) atoms. The molecule has 1 fully saturated rings. The van der Waals surface area contributed by atoms with E-state index in [0.717, 1.165) is 11.3 Å². The van der Waals surface area contributed by atoms with Gasteiger partial charge in [-0.3, -0.25) is 9.69 Å². The zero-order valence-corrected chi connectivity index (χ0v) is 15.0. The van der Waals surface area contributed by atoms with Crippen LogP contribution in [0.5, 0.6) is 5.75 Å². The monoisotopic (exact) mass is 363 g/mol. The Bertz CT molecular complexity index is 811. The van der Waals surface area contributed by atoms with Crippen LogP contribution in [0.15, 0.2) is 36.4 Å². The number of carbonyl (C=O) groups excluding carboxylic acids is 1. The van der Waals surface area contributed by atoms with Gasteiger partial charge in [-0.1, -0.05) is 29.8 Å². The highest BCUT2D eigenvalue weighted by atomic mass is 35.5. The SMILES string of the molecule is Cc1ccccc1N1C(=O)CSC1(C)c1cc(Cl)cc(CO)c1O. The number of carbonyl (C=O) groups is 1. The Hall–Kier alpha value is -1.69. The Balaban J connectivity index is 2.20. The third-order valence-electron chi connectivity index (χ3n) is 4.33. The molecule has 1 saturated heterocycles. The van der Waals surface area contributed by atoms with Crippen LogP contribution in [-0.4, -0.2) is 21.9 Å². The zero-order chi connectivity index (χ0) is 17.5. The molecular formula is C18H18ClNO3S. The number of hydrogen-bond acceptors (Lipinski definition) is 4. The fourth-order valence-electron chi connectivity index (χ4n) is 3.08. The Morgan fingerprint density at radius 3 is 2.71 bits per heavy atom. The first kappa shape index (κ1) is 17.1. The normalized spacial score (nSPS) is 20.7. The molecule has 3 rings (SSSR count). The molecule has 0 saturated carbocycles. The topological polar surface area (TPSA) is 60.8 Å². The molecule has 6 heteroatoms. The highest BCUT2D eigenvalue weighted by molar-refractivity contribution is 8.01. The van der Waals surface area contributed by atoms with Crippen molar-refractivity contribution >= 4 is 35.0 Å². The van der Waals surface area contributed by atoms with E-state index in [1.165, 1.54) is 17.8 Å². The van der Waals surface area contributed by atoms with Crippen LogP contribution in [0.3, 0.4) is 0 Å². The van der Waals surface area contributed by atoms with Gasteiger partial charge in [-0.25, -0.2) is 0 Å². The summed E-state index contributed by atoms with van der Waals surface area (Å²) in [6.07, 6.45) is 0. The number of benzene rings is 2. The number of rotatable bonds is 3. The van der Waals surface area contributed by atoms with Gasteiger partial charge in [-0.15, -0.1) is 11.8 Å². The Morgan fingerprint density at radius 1 is 1.33 bits per heavy atom. The summed E-state index contributed by atoms with van der Waals surface area (Å²) in [6, 6.07) is 10.8. The number of thioether (sulfide) groups is 1. The Morgan fingerprint density at radius 2 is 2.04 bits per heavy atom. The summed E-state index contributed by atoms with van der Waals surface area (Å²) in [7, 11) is 0. The third-order valence-corrected chi connectivity index (χ3v) is 5.91. The second-order valence-corrected chi connectivity index (χ2v) is 7.72. The molecule has 1 amide bonds. The molecule has 0 aromatic heterocycles. The van der Waals surface area contributed by atoms with Gasteiger partial charge in [0.1, 0.15) is 10.6 Å². The lowest BCUT2D eigenvalue weighted by Crippen LogP contribution is -2.40. The lowest BCUT2D eigenvalue weighted by atomic mass is 10.00. The van der Waals surface area contributed by atoms with E-state index in [2.05, 4.69) is 0 Å². The number of aromatic hydroxyl groups is 1. The number of halogens is 1. The highest BCUT2D eigenvalue weighted by Crippen LogP contribution is 2.51. The molecule has 0 bridgehead atoms. The number of aryl methyl sites for hydroxylation is 1. The maximum absolute atomic E-state index is 12.6. The minimum Gasteiger partial charge on any atom is -0.507 e. The quantitative estimate of drug-likeness (QED) is 0.870. The summed E-state index contributed by atoms with van der Waals surface area (Å²) >= 11 is 7.60. The lowest BCUT2D eigenvalue weighted by molar-refractivity contribution is -0.116. The minimum atomic E-state index is -0.803. The first-order valence-electron chi connectivity index (χ1n) is 7.54. The van der Waals surface area contributed by atoms with Gasteiger partial charge in [0.15, 0.2) is 0 Å². The van der Waals surface area contributed by atoms with Crippen LogP contribution >= 0.6 is 23.4 Å². The van der Waals surface area contributed by atoms with Gasteiger partial charge >= 0.3 is 0 Å². The first-order chi connectivity index (χ1) is 11.4. The first-order valence-corrected chi connectivity index (χ1v) is 8.90. The molecular weight excluding hydrogens is 346 g/mol. The predicted molar refractivity (Wildman–Crippen MR) is 97.5 cm³/mol. The number of amides is 1. The Kier molecular flexibility index (Phi) is 4.51. The summed E-state index contributed by atoms with van der Waals surface area (Å²) < 4.78 is 0. The van der Waals surface area contributed by atoms with E-state index >= 15 is 0 Å². The molecule has 0 spiro atoms. The molecule has 2 aromatic carbocycles. The zero-order valence-electron chi connectivity index (χ0n) is 13.4. The van der Waals surface area contributed by atoms with Crippen molar-refractivity contribution in [3.63, 3.8) is 0 Å². The van der Waals surface area contributed by atoms with Crippen LogP contribution in [0, 0.1) is 6.92 Å². The van der Waals surface area contributed by atoms with Crippen LogP contribution < -0.4 is 4.90 Å². The third kappa shape index (κ3) is 2.66. The molecule has 1 aliphatic heterocycles. The number of nitrogens with zero attached hydrogens (tertiary/aromatic N) is 1. The van der Waals surface area contributed by atoms with Crippen molar-refractivity contribution in [3.8, 4) is 5.75 Å². The van der Waals surface area contributed by atoms with E-state index < -0.39 is 4.87 Å². The molecule has 1 unspecified atom stereocenters. The molecule has 1 heterocycles. The number of phenols is 1. The van der Waals surface area contributed by atoms with Gasteiger partial charge in [-0.05, 0) is 37.6 Å². The molecule has 2 aromatic rings. The summed E-state index contributed by atoms with van der Waals surface area (Å²) in [5, 5.41) is 20.5. The number of aliphatic hydroxyl groups is 1.